The van der Waals surface area contributed by atoms with Crippen molar-refractivity contribution in [3.8, 4) is 0 Å². The van der Waals surface area contributed by atoms with Gasteiger partial charge in [-0.2, -0.15) is 0 Å². The average Bonchev–Trinajstić information content (AvgIpc) is 2.91. The van der Waals surface area contributed by atoms with Crippen molar-refractivity contribution in [1.29, 1.82) is 0 Å². The van der Waals surface area contributed by atoms with Crippen molar-refractivity contribution in [3.63, 3.8) is 0 Å². The molecule has 1 atom stereocenters. The highest BCUT2D eigenvalue weighted by molar-refractivity contribution is 7.99. The second kappa shape index (κ2) is 10.2. The van der Waals surface area contributed by atoms with Gasteiger partial charge in [-0.25, -0.2) is 4.79 Å². The summed E-state index contributed by atoms with van der Waals surface area (Å²) in [6.45, 7) is 5.75. The fourth-order valence-corrected chi connectivity index (χ4v) is 5.79. The number of hydrogen-bond acceptors (Lipinski definition) is 4. The van der Waals surface area contributed by atoms with Gasteiger partial charge in [0.25, 0.3) is 0 Å². The van der Waals surface area contributed by atoms with Gasteiger partial charge in [0.15, 0.2) is 0 Å². The molecule has 0 unspecified atom stereocenters. The summed E-state index contributed by atoms with van der Waals surface area (Å²) < 4.78 is 10.0. The van der Waals surface area contributed by atoms with E-state index in [2.05, 4.69) is 36.4 Å². The number of rotatable bonds is 6. The van der Waals surface area contributed by atoms with Crippen molar-refractivity contribution >= 4 is 29.3 Å². The predicted molar refractivity (Wildman–Crippen MR) is 118 cm³/mol. The molecule has 0 spiro atoms. The number of hydrogen-bond donors (Lipinski definition) is 2. The van der Waals surface area contributed by atoms with Crippen LogP contribution in [0.3, 0.4) is 0 Å². The fraction of sp³-hybridized carbons (Fsp3) is 0.435. The molecule has 0 amide bonds. The number of carbonyl (C=O) groups excluding carboxylic acids is 1. The van der Waals surface area contributed by atoms with Gasteiger partial charge in [0.05, 0.1) is 0 Å². The van der Waals surface area contributed by atoms with E-state index < -0.39 is 0 Å². The number of ether oxygens (including phenoxy) is 2. The average molecular weight is 449 g/mol. The Morgan fingerprint density at radius 3 is 2.73 bits per heavy atom. The number of piperazine rings is 1. The van der Waals surface area contributed by atoms with Crippen LogP contribution in [0.1, 0.15) is 17.2 Å². The third kappa shape index (κ3) is 5.18. The lowest BCUT2D eigenvalue weighted by Gasteiger charge is -2.35. The largest absolute Gasteiger partial charge is 0.458 e. The molecule has 0 saturated carbocycles. The Morgan fingerprint density at radius 1 is 1.13 bits per heavy atom. The van der Waals surface area contributed by atoms with Crippen LogP contribution in [-0.4, -0.2) is 59.0 Å². The lowest BCUT2D eigenvalue weighted by atomic mass is 9.96. The molecule has 0 aliphatic carbocycles. The Balaban J connectivity index is 1.42. The Bertz CT molecular complexity index is 887. The van der Waals surface area contributed by atoms with Crippen molar-refractivity contribution in [3.05, 3.63) is 58.6 Å². The van der Waals surface area contributed by atoms with Crippen LogP contribution >= 0.6 is 23.4 Å². The standard InChI is InChI=1S/C23H27ClN2O3S/c1-28-16-23(27)29-13-12-25-8-10-26(11-9-25)20-15-17-14-18(24)6-7-21(17)30-22-5-3-2-4-19(20)22/h2-7,14,20H,8-13,15-16H2,1H3/p+2/t20-/m0/s1. The van der Waals surface area contributed by atoms with Crippen molar-refractivity contribution < 1.29 is 24.1 Å². The van der Waals surface area contributed by atoms with Crippen LogP contribution < -0.4 is 9.80 Å². The maximum atomic E-state index is 11.4. The second-order valence-corrected chi connectivity index (χ2v) is 9.48. The number of methoxy groups -OCH3 is 1. The van der Waals surface area contributed by atoms with Crippen LogP contribution in [0.4, 0.5) is 0 Å². The van der Waals surface area contributed by atoms with Gasteiger partial charge in [0.1, 0.15) is 52.0 Å². The first kappa shape index (κ1) is 21.7. The smallest absolute Gasteiger partial charge is 0.332 e. The van der Waals surface area contributed by atoms with E-state index in [9.17, 15) is 4.79 Å². The summed E-state index contributed by atoms with van der Waals surface area (Å²) in [6.07, 6.45) is 1.01. The van der Waals surface area contributed by atoms with Crippen LogP contribution in [0.5, 0.6) is 0 Å². The highest BCUT2D eigenvalue weighted by atomic mass is 35.5. The Labute approximate surface area is 187 Å². The molecule has 5 nitrogen and oxygen atoms in total. The molecular formula is C23H29ClN2O3S+2. The minimum Gasteiger partial charge on any atom is -0.458 e. The molecule has 30 heavy (non-hydrogen) atoms. The molecule has 2 aliphatic heterocycles. The summed E-state index contributed by atoms with van der Waals surface area (Å²) in [7, 11) is 1.50. The maximum Gasteiger partial charge on any atom is 0.332 e. The van der Waals surface area contributed by atoms with E-state index in [4.69, 9.17) is 21.1 Å². The summed E-state index contributed by atoms with van der Waals surface area (Å²) in [6, 6.07) is 15.5. The van der Waals surface area contributed by atoms with Gasteiger partial charge in [-0.15, -0.1) is 0 Å². The van der Waals surface area contributed by atoms with E-state index in [1.54, 1.807) is 4.90 Å². The molecule has 2 aromatic carbocycles. The molecule has 2 aliphatic rings. The minimum absolute atomic E-state index is 0.0256. The van der Waals surface area contributed by atoms with E-state index in [0.29, 0.717) is 12.6 Å². The Morgan fingerprint density at radius 2 is 1.93 bits per heavy atom. The summed E-state index contributed by atoms with van der Waals surface area (Å²) >= 11 is 8.18. The van der Waals surface area contributed by atoms with Gasteiger partial charge >= 0.3 is 5.97 Å². The van der Waals surface area contributed by atoms with Gasteiger partial charge in [0.2, 0.25) is 0 Å². The zero-order valence-corrected chi connectivity index (χ0v) is 18.9. The highest BCUT2D eigenvalue weighted by Crippen LogP contribution is 2.40. The van der Waals surface area contributed by atoms with Crippen LogP contribution in [0, 0.1) is 0 Å². The lowest BCUT2D eigenvalue weighted by molar-refractivity contribution is -1.03. The van der Waals surface area contributed by atoms with Gasteiger partial charge in [-0.1, -0.05) is 41.6 Å². The van der Waals surface area contributed by atoms with Crippen molar-refractivity contribution in [1.82, 2.24) is 0 Å². The molecule has 2 heterocycles. The first-order chi connectivity index (χ1) is 14.6. The van der Waals surface area contributed by atoms with Crippen molar-refractivity contribution in [2.75, 3.05) is 53.0 Å². The lowest BCUT2D eigenvalue weighted by Crippen LogP contribution is -3.28. The molecule has 2 N–H and O–H groups in total. The summed E-state index contributed by atoms with van der Waals surface area (Å²) in [4.78, 5) is 17.3. The van der Waals surface area contributed by atoms with Crippen LogP contribution in [-0.2, 0) is 20.7 Å². The number of halogens is 1. The van der Waals surface area contributed by atoms with Crippen molar-refractivity contribution in [2.45, 2.75) is 22.3 Å². The van der Waals surface area contributed by atoms with E-state index in [1.807, 2.05) is 17.8 Å². The van der Waals surface area contributed by atoms with Gasteiger partial charge in [-0.3, -0.25) is 0 Å². The number of carbonyl (C=O) groups is 1. The normalized spacial score (nSPS) is 23.2. The number of esters is 1. The van der Waals surface area contributed by atoms with E-state index in [0.717, 1.165) is 44.2 Å². The zero-order valence-electron chi connectivity index (χ0n) is 17.3. The Kier molecular flexibility index (Phi) is 7.33. The van der Waals surface area contributed by atoms with E-state index in [-0.39, 0.29) is 12.6 Å². The van der Waals surface area contributed by atoms with Crippen LogP contribution in [0.15, 0.2) is 52.3 Å². The number of quaternary nitrogens is 2. The summed E-state index contributed by atoms with van der Waals surface area (Å²) in [5.74, 6) is -0.286. The molecule has 1 saturated heterocycles. The molecule has 0 bridgehead atoms. The monoisotopic (exact) mass is 448 g/mol. The summed E-state index contributed by atoms with van der Waals surface area (Å²) in [5.41, 5.74) is 2.79. The maximum absolute atomic E-state index is 11.4. The molecule has 0 radical (unpaired) electrons. The predicted octanol–water partition coefficient (Wildman–Crippen LogP) is 1.06. The second-order valence-electron chi connectivity index (χ2n) is 7.96. The van der Waals surface area contributed by atoms with E-state index in [1.165, 1.54) is 32.9 Å². The first-order valence-corrected chi connectivity index (χ1v) is 11.7. The molecule has 7 heteroatoms. The third-order valence-electron chi connectivity index (χ3n) is 6.03. The van der Waals surface area contributed by atoms with Gasteiger partial charge < -0.3 is 19.3 Å². The molecule has 4 rings (SSSR count). The highest BCUT2D eigenvalue weighted by Gasteiger charge is 2.34. The first-order valence-electron chi connectivity index (χ1n) is 10.5. The molecule has 2 aromatic rings. The molecule has 1 fully saturated rings. The van der Waals surface area contributed by atoms with Crippen molar-refractivity contribution in [2.24, 2.45) is 0 Å². The zero-order chi connectivity index (χ0) is 20.9. The number of nitrogens with one attached hydrogen (secondary N) is 2. The molecular weight excluding hydrogens is 420 g/mol. The summed E-state index contributed by atoms with van der Waals surface area (Å²) in [5, 5.41) is 0.811. The quantitative estimate of drug-likeness (QED) is 0.649. The van der Waals surface area contributed by atoms with Gasteiger partial charge in [-0.05, 0) is 29.8 Å². The molecule has 0 aromatic heterocycles. The van der Waals surface area contributed by atoms with E-state index >= 15 is 0 Å². The SMILES string of the molecule is COCC(=O)OCC[NH+]1CC[NH+]([C@H]2Cc3cc(Cl)ccc3Sc3ccccc32)CC1. The van der Waals surface area contributed by atoms with Gasteiger partial charge in [0, 0.05) is 33.9 Å². The number of fused-ring (bicyclic) bond motifs is 2. The topological polar surface area (TPSA) is 44.4 Å². The Hall–Kier alpha value is -1.57. The third-order valence-corrected chi connectivity index (χ3v) is 7.48. The minimum atomic E-state index is -0.286. The van der Waals surface area contributed by atoms with Crippen LogP contribution in [0.2, 0.25) is 5.02 Å². The fourth-order valence-electron chi connectivity index (χ4n) is 4.47. The van der Waals surface area contributed by atoms with Crippen LogP contribution in [0.25, 0.3) is 0 Å². The number of benzene rings is 2. The molecule has 160 valence electrons.